The number of aliphatic hydroxyl groups is 1. The van der Waals surface area contributed by atoms with E-state index in [1.807, 2.05) is 42.2 Å². The van der Waals surface area contributed by atoms with E-state index in [1.165, 1.54) is 0 Å². The highest BCUT2D eigenvalue weighted by molar-refractivity contribution is 5.86. The van der Waals surface area contributed by atoms with E-state index in [2.05, 4.69) is 5.32 Å². The first-order chi connectivity index (χ1) is 12.0. The Morgan fingerprint density at radius 3 is 2.40 bits per heavy atom. The van der Waals surface area contributed by atoms with Gasteiger partial charge in [-0.15, -0.1) is 0 Å². The Balaban J connectivity index is 1.53. The molecule has 0 bridgehead atoms. The van der Waals surface area contributed by atoms with Crippen LogP contribution in [0.4, 0.5) is 0 Å². The predicted molar refractivity (Wildman–Crippen MR) is 96.0 cm³/mol. The number of carbonyl (C=O) groups is 2. The fourth-order valence-corrected chi connectivity index (χ4v) is 3.76. The van der Waals surface area contributed by atoms with Crippen LogP contribution in [0.15, 0.2) is 30.3 Å². The predicted octanol–water partition coefficient (Wildman–Crippen LogP) is 2.20. The minimum absolute atomic E-state index is 0.0537. The van der Waals surface area contributed by atoms with Gasteiger partial charge in [0, 0.05) is 19.1 Å². The van der Waals surface area contributed by atoms with Gasteiger partial charge in [0.25, 0.3) is 5.91 Å². The van der Waals surface area contributed by atoms with Crippen molar-refractivity contribution in [1.82, 2.24) is 10.2 Å². The first-order valence-corrected chi connectivity index (χ1v) is 9.40. The van der Waals surface area contributed by atoms with Crippen LogP contribution in [0, 0.1) is 0 Å². The maximum Gasteiger partial charge on any atom is 0.252 e. The Kier molecular flexibility index (Phi) is 5.42. The van der Waals surface area contributed by atoms with E-state index in [-0.39, 0.29) is 23.8 Å². The van der Waals surface area contributed by atoms with E-state index in [0.29, 0.717) is 25.9 Å². The molecule has 0 spiro atoms. The molecule has 25 heavy (non-hydrogen) atoms. The lowest BCUT2D eigenvalue weighted by Gasteiger charge is -2.38. The summed E-state index contributed by atoms with van der Waals surface area (Å²) in [5, 5.41) is 13.1. The van der Waals surface area contributed by atoms with Crippen LogP contribution in [0.5, 0.6) is 0 Å². The van der Waals surface area contributed by atoms with Crippen LogP contribution in [-0.2, 0) is 9.59 Å². The van der Waals surface area contributed by atoms with Crippen molar-refractivity contribution in [3.8, 4) is 0 Å². The number of benzene rings is 1. The molecule has 2 N–H and O–H groups in total. The number of rotatable bonds is 5. The summed E-state index contributed by atoms with van der Waals surface area (Å²) in [6.45, 7) is 3.36. The van der Waals surface area contributed by atoms with Gasteiger partial charge in [0.2, 0.25) is 5.91 Å². The van der Waals surface area contributed by atoms with Crippen molar-refractivity contribution >= 4 is 11.8 Å². The molecule has 1 aliphatic carbocycles. The van der Waals surface area contributed by atoms with Crippen molar-refractivity contribution < 1.29 is 14.7 Å². The highest BCUT2D eigenvalue weighted by atomic mass is 16.3. The van der Waals surface area contributed by atoms with E-state index >= 15 is 0 Å². The van der Waals surface area contributed by atoms with Gasteiger partial charge >= 0.3 is 0 Å². The molecule has 2 aliphatic rings. The molecule has 3 rings (SSSR count). The summed E-state index contributed by atoms with van der Waals surface area (Å²) in [6.07, 6.45) is 4.32. The second-order valence-electron chi connectivity index (χ2n) is 7.33. The van der Waals surface area contributed by atoms with E-state index in [4.69, 9.17) is 0 Å². The maximum absolute atomic E-state index is 12.9. The Morgan fingerprint density at radius 1 is 1.24 bits per heavy atom. The fraction of sp³-hybridized carbons (Fsp3) is 0.600. The Labute approximate surface area is 149 Å². The lowest BCUT2D eigenvalue weighted by Crippen LogP contribution is -2.56. The molecule has 5 nitrogen and oxygen atoms in total. The zero-order valence-corrected chi connectivity index (χ0v) is 14.9. The van der Waals surface area contributed by atoms with Crippen molar-refractivity contribution in [2.45, 2.75) is 63.0 Å². The minimum atomic E-state index is -1.15. The Hall–Kier alpha value is -1.88. The zero-order valence-electron chi connectivity index (χ0n) is 14.9. The molecule has 2 fully saturated rings. The topological polar surface area (TPSA) is 69.6 Å². The molecule has 1 atom stereocenters. The summed E-state index contributed by atoms with van der Waals surface area (Å²) in [6, 6.07) is 9.98. The third kappa shape index (κ3) is 3.87. The summed E-state index contributed by atoms with van der Waals surface area (Å²) in [5.74, 6) is -0.154. The summed E-state index contributed by atoms with van der Waals surface area (Å²) in [4.78, 5) is 26.9. The second kappa shape index (κ2) is 7.56. The van der Waals surface area contributed by atoms with Crippen LogP contribution in [-0.4, -0.2) is 46.6 Å². The van der Waals surface area contributed by atoms with Crippen LogP contribution >= 0.6 is 0 Å². The third-order valence-corrected chi connectivity index (χ3v) is 5.65. The van der Waals surface area contributed by atoms with Crippen molar-refractivity contribution in [2.24, 2.45) is 0 Å². The zero-order chi connectivity index (χ0) is 17.9. The molecule has 136 valence electrons. The SMILES string of the molecule is CC[C@H](C(=O)N1CCC(NC(=O)C2(O)CCC2)CC1)c1ccccc1. The average Bonchev–Trinajstić information content (AvgIpc) is 2.61. The summed E-state index contributed by atoms with van der Waals surface area (Å²) < 4.78 is 0. The van der Waals surface area contributed by atoms with Crippen LogP contribution in [0.1, 0.15) is 56.9 Å². The number of nitrogens with one attached hydrogen (secondary N) is 1. The van der Waals surface area contributed by atoms with Gasteiger partial charge < -0.3 is 15.3 Å². The van der Waals surface area contributed by atoms with Gasteiger partial charge in [0.05, 0.1) is 5.92 Å². The quantitative estimate of drug-likeness (QED) is 0.860. The third-order valence-electron chi connectivity index (χ3n) is 5.65. The van der Waals surface area contributed by atoms with Crippen molar-refractivity contribution in [3.05, 3.63) is 35.9 Å². The van der Waals surface area contributed by atoms with Gasteiger partial charge in [-0.1, -0.05) is 37.3 Å². The lowest BCUT2D eigenvalue weighted by atomic mass is 9.79. The van der Waals surface area contributed by atoms with Crippen LogP contribution < -0.4 is 5.32 Å². The molecule has 5 heteroatoms. The summed E-state index contributed by atoms with van der Waals surface area (Å²) in [7, 11) is 0. The molecule has 0 unspecified atom stereocenters. The number of carbonyl (C=O) groups excluding carboxylic acids is 2. The lowest BCUT2D eigenvalue weighted by molar-refractivity contribution is -0.149. The minimum Gasteiger partial charge on any atom is -0.380 e. The van der Waals surface area contributed by atoms with E-state index < -0.39 is 5.60 Å². The van der Waals surface area contributed by atoms with Crippen molar-refractivity contribution in [1.29, 1.82) is 0 Å². The molecule has 1 aromatic carbocycles. The Bertz CT molecular complexity index is 605. The number of hydrogen-bond donors (Lipinski definition) is 2. The molecule has 1 saturated heterocycles. The number of likely N-dealkylation sites (tertiary alicyclic amines) is 1. The van der Waals surface area contributed by atoms with Crippen molar-refractivity contribution in [2.75, 3.05) is 13.1 Å². The monoisotopic (exact) mass is 344 g/mol. The number of nitrogens with zero attached hydrogens (tertiary/aromatic N) is 1. The summed E-state index contributed by atoms with van der Waals surface area (Å²) >= 11 is 0. The number of piperidine rings is 1. The maximum atomic E-state index is 12.9. The molecular weight excluding hydrogens is 316 g/mol. The van der Waals surface area contributed by atoms with Gasteiger partial charge in [0.1, 0.15) is 5.60 Å². The molecule has 2 amide bonds. The summed E-state index contributed by atoms with van der Waals surface area (Å²) in [5.41, 5.74) is -0.0780. The van der Waals surface area contributed by atoms with E-state index in [9.17, 15) is 14.7 Å². The van der Waals surface area contributed by atoms with Gasteiger partial charge in [0.15, 0.2) is 0 Å². The van der Waals surface area contributed by atoms with E-state index in [0.717, 1.165) is 31.2 Å². The standard InChI is InChI=1S/C20H28N2O3/c1-2-17(15-7-4-3-5-8-15)18(23)22-13-9-16(10-14-22)21-19(24)20(25)11-6-12-20/h3-5,7-8,16-17,25H,2,6,9-14H2,1H3,(H,21,24)/t17-/m0/s1. The highest BCUT2D eigenvalue weighted by Crippen LogP contribution is 2.32. The van der Waals surface area contributed by atoms with Crippen LogP contribution in [0.3, 0.4) is 0 Å². The van der Waals surface area contributed by atoms with Gasteiger partial charge in [-0.2, -0.15) is 0 Å². The van der Waals surface area contributed by atoms with Crippen LogP contribution in [0.2, 0.25) is 0 Å². The smallest absolute Gasteiger partial charge is 0.252 e. The molecule has 1 aromatic rings. The first kappa shape index (κ1) is 17.9. The second-order valence-corrected chi connectivity index (χ2v) is 7.33. The first-order valence-electron chi connectivity index (χ1n) is 9.40. The van der Waals surface area contributed by atoms with E-state index in [1.54, 1.807) is 0 Å². The van der Waals surface area contributed by atoms with Gasteiger partial charge in [-0.05, 0) is 44.1 Å². The molecule has 1 heterocycles. The highest BCUT2D eigenvalue weighted by Gasteiger charge is 2.43. The fourth-order valence-electron chi connectivity index (χ4n) is 3.76. The van der Waals surface area contributed by atoms with Crippen LogP contribution in [0.25, 0.3) is 0 Å². The van der Waals surface area contributed by atoms with Crippen molar-refractivity contribution in [3.63, 3.8) is 0 Å². The number of amides is 2. The van der Waals surface area contributed by atoms with Gasteiger partial charge in [-0.3, -0.25) is 9.59 Å². The molecule has 1 aliphatic heterocycles. The molecular formula is C20H28N2O3. The normalized spacial score (nSPS) is 21.3. The molecule has 0 aromatic heterocycles. The number of hydrogen-bond acceptors (Lipinski definition) is 3. The Morgan fingerprint density at radius 2 is 1.88 bits per heavy atom. The largest absolute Gasteiger partial charge is 0.380 e. The molecule has 1 saturated carbocycles. The average molecular weight is 344 g/mol. The van der Waals surface area contributed by atoms with Gasteiger partial charge in [-0.25, -0.2) is 0 Å². The molecule has 0 radical (unpaired) electrons.